The van der Waals surface area contributed by atoms with E-state index in [2.05, 4.69) is 31.9 Å². The Balaban J connectivity index is 2.65. The first-order valence-corrected chi connectivity index (χ1v) is 5.37. The van der Waals surface area contributed by atoms with Gasteiger partial charge in [-0.25, -0.2) is 0 Å². The fourth-order valence-corrected chi connectivity index (χ4v) is 1.98. The van der Waals surface area contributed by atoms with Crippen LogP contribution in [0.1, 0.15) is 0 Å². The van der Waals surface area contributed by atoms with Crippen LogP contribution in [0.25, 0.3) is 0 Å². The second-order valence-electron chi connectivity index (χ2n) is 2.34. The molecule has 3 heteroatoms. The van der Waals surface area contributed by atoms with Gasteiger partial charge in [-0.1, -0.05) is 56.2 Å². The highest BCUT2D eigenvalue weighted by molar-refractivity contribution is 9.10. The summed E-state index contributed by atoms with van der Waals surface area (Å²) in [7, 11) is 0. The molecule has 0 saturated carbocycles. The molecule has 1 aliphatic rings. The van der Waals surface area contributed by atoms with Gasteiger partial charge in [0, 0.05) is 4.83 Å². The number of Topliss-reactive ketones (excluding diaryl/α,β-unsaturated/α-hetero) is 1. The summed E-state index contributed by atoms with van der Waals surface area (Å²) in [6, 6.07) is 0. The number of rotatable bonds is 2. The lowest BCUT2D eigenvalue weighted by Gasteiger charge is -2.15. The molecule has 0 fully saturated rings. The molecule has 1 nitrogen and oxygen atoms in total. The Bertz CT molecular complexity index is 208. The Hall–Kier alpha value is 0.110. The Kier molecular flexibility index (Phi) is 3.52. The maximum atomic E-state index is 11.2. The number of hydrogen-bond donors (Lipinski definition) is 0. The van der Waals surface area contributed by atoms with Crippen molar-refractivity contribution >= 4 is 37.6 Å². The van der Waals surface area contributed by atoms with Crippen LogP contribution in [0.4, 0.5) is 0 Å². The molecule has 2 atom stereocenters. The van der Waals surface area contributed by atoms with Gasteiger partial charge >= 0.3 is 0 Å². The molecule has 60 valence electrons. The van der Waals surface area contributed by atoms with Crippen LogP contribution < -0.4 is 0 Å². The van der Waals surface area contributed by atoms with Gasteiger partial charge in [-0.3, -0.25) is 4.79 Å². The smallest absolute Gasteiger partial charge is 0.151 e. The van der Waals surface area contributed by atoms with E-state index in [0.29, 0.717) is 5.33 Å². The summed E-state index contributed by atoms with van der Waals surface area (Å²) in [6.07, 6.45) is 7.74. The largest absolute Gasteiger partial charge is 0.298 e. The zero-order valence-corrected chi connectivity index (χ0v) is 9.01. The Labute approximate surface area is 82.8 Å². The fraction of sp³-hybridized carbons (Fsp3) is 0.375. The first-order valence-electron chi connectivity index (χ1n) is 3.33. The van der Waals surface area contributed by atoms with Crippen molar-refractivity contribution in [1.29, 1.82) is 0 Å². The second kappa shape index (κ2) is 4.21. The molecule has 0 N–H and O–H groups in total. The lowest BCUT2D eigenvalue weighted by atomic mass is 9.97. The van der Waals surface area contributed by atoms with Crippen LogP contribution in [-0.2, 0) is 4.79 Å². The summed E-state index contributed by atoms with van der Waals surface area (Å²) < 4.78 is 0. The van der Waals surface area contributed by atoms with Crippen molar-refractivity contribution in [3.8, 4) is 0 Å². The van der Waals surface area contributed by atoms with Crippen LogP contribution in [0.2, 0.25) is 0 Å². The predicted molar refractivity (Wildman–Crippen MR) is 53.3 cm³/mol. The van der Waals surface area contributed by atoms with E-state index in [4.69, 9.17) is 0 Å². The van der Waals surface area contributed by atoms with Gasteiger partial charge in [0.1, 0.15) is 0 Å². The maximum Gasteiger partial charge on any atom is 0.151 e. The molecular formula is C8H8Br2O. The van der Waals surface area contributed by atoms with Crippen molar-refractivity contribution in [2.75, 3.05) is 5.33 Å². The SMILES string of the molecule is O=C(CBr)C1C=CC=CC1Br. The monoisotopic (exact) mass is 278 g/mol. The van der Waals surface area contributed by atoms with Gasteiger partial charge in [0.05, 0.1) is 11.2 Å². The molecule has 0 spiro atoms. The number of carbonyl (C=O) groups excluding carboxylic acids is 1. The van der Waals surface area contributed by atoms with Crippen LogP contribution in [0, 0.1) is 5.92 Å². The minimum atomic E-state index is -0.000579. The minimum Gasteiger partial charge on any atom is -0.298 e. The van der Waals surface area contributed by atoms with E-state index in [1.165, 1.54) is 0 Å². The Morgan fingerprint density at radius 2 is 2.00 bits per heavy atom. The molecule has 0 heterocycles. The van der Waals surface area contributed by atoms with Crippen LogP contribution in [0.3, 0.4) is 0 Å². The fourth-order valence-electron chi connectivity index (χ4n) is 0.954. The number of halogens is 2. The summed E-state index contributed by atoms with van der Waals surface area (Å²) in [4.78, 5) is 11.4. The Morgan fingerprint density at radius 1 is 1.36 bits per heavy atom. The lowest BCUT2D eigenvalue weighted by molar-refractivity contribution is -0.118. The summed E-state index contributed by atoms with van der Waals surface area (Å²) in [6.45, 7) is 0. The van der Waals surface area contributed by atoms with Gasteiger partial charge in [-0.2, -0.15) is 0 Å². The molecule has 11 heavy (non-hydrogen) atoms. The molecule has 0 aromatic carbocycles. The molecule has 2 unspecified atom stereocenters. The second-order valence-corrected chi connectivity index (χ2v) is 3.96. The molecule has 1 rings (SSSR count). The van der Waals surface area contributed by atoms with Crippen molar-refractivity contribution in [1.82, 2.24) is 0 Å². The Morgan fingerprint density at radius 3 is 2.55 bits per heavy atom. The van der Waals surface area contributed by atoms with Crippen LogP contribution in [0.15, 0.2) is 24.3 Å². The number of hydrogen-bond acceptors (Lipinski definition) is 1. The summed E-state index contributed by atoms with van der Waals surface area (Å²) >= 11 is 6.57. The average molecular weight is 280 g/mol. The molecule has 0 aromatic rings. The maximum absolute atomic E-state index is 11.2. The molecule has 0 aromatic heterocycles. The van der Waals surface area contributed by atoms with E-state index in [0.717, 1.165) is 0 Å². The van der Waals surface area contributed by atoms with Gasteiger partial charge in [-0.05, 0) is 0 Å². The summed E-state index contributed by atoms with van der Waals surface area (Å²) in [5.41, 5.74) is 0. The van der Waals surface area contributed by atoms with Gasteiger partial charge in [0.25, 0.3) is 0 Å². The normalized spacial score (nSPS) is 28.9. The number of carbonyl (C=O) groups is 1. The van der Waals surface area contributed by atoms with E-state index >= 15 is 0 Å². The number of alkyl halides is 2. The van der Waals surface area contributed by atoms with Gasteiger partial charge < -0.3 is 0 Å². The quantitative estimate of drug-likeness (QED) is 0.710. The number of allylic oxidation sites excluding steroid dienone is 4. The van der Waals surface area contributed by atoms with Crippen LogP contribution in [-0.4, -0.2) is 15.9 Å². The first-order chi connectivity index (χ1) is 5.25. The van der Waals surface area contributed by atoms with Gasteiger partial charge in [-0.15, -0.1) is 0 Å². The van der Waals surface area contributed by atoms with Crippen molar-refractivity contribution in [2.45, 2.75) is 4.83 Å². The summed E-state index contributed by atoms with van der Waals surface area (Å²) in [5, 5.41) is 0.429. The first kappa shape index (κ1) is 9.20. The third-order valence-corrected chi connectivity index (χ3v) is 3.00. The number of ketones is 1. The highest BCUT2D eigenvalue weighted by Crippen LogP contribution is 2.21. The van der Waals surface area contributed by atoms with E-state index in [1.54, 1.807) is 0 Å². The standard InChI is InChI=1S/C8H8Br2O/c9-5-8(11)6-3-1-2-4-7(6)10/h1-4,6-7H,5H2. The van der Waals surface area contributed by atoms with Crippen molar-refractivity contribution in [2.24, 2.45) is 5.92 Å². The molecule has 0 amide bonds. The third kappa shape index (κ3) is 2.27. The van der Waals surface area contributed by atoms with Crippen molar-refractivity contribution in [3.63, 3.8) is 0 Å². The van der Waals surface area contributed by atoms with Crippen molar-refractivity contribution in [3.05, 3.63) is 24.3 Å². The highest BCUT2D eigenvalue weighted by Gasteiger charge is 2.21. The van der Waals surface area contributed by atoms with Crippen molar-refractivity contribution < 1.29 is 4.79 Å². The van der Waals surface area contributed by atoms with E-state index in [9.17, 15) is 4.79 Å². The van der Waals surface area contributed by atoms with Gasteiger partial charge in [0.15, 0.2) is 5.78 Å². The predicted octanol–water partition coefficient (Wildman–Crippen LogP) is 2.46. The van der Waals surface area contributed by atoms with Gasteiger partial charge in [0.2, 0.25) is 0 Å². The van der Waals surface area contributed by atoms with Crippen LogP contribution in [0.5, 0.6) is 0 Å². The highest BCUT2D eigenvalue weighted by atomic mass is 79.9. The molecule has 1 aliphatic carbocycles. The molecule has 0 bridgehead atoms. The van der Waals surface area contributed by atoms with Crippen LogP contribution >= 0.6 is 31.9 Å². The van der Waals surface area contributed by atoms with E-state index in [1.807, 2.05) is 24.3 Å². The lowest BCUT2D eigenvalue weighted by Crippen LogP contribution is -2.22. The topological polar surface area (TPSA) is 17.1 Å². The van der Waals surface area contributed by atoms with E-state index in [-0.39, 0.29) is 16.5 Å². The molecular weight excluding hydrogens is 272 g/mol. The summed E-state index contributed by atoms with van der Waals surface area (Å²) in [5.74, 6) is 0.215. The molecule has 0 aliphatic heterocycles. The minimum absolute atomic E-state index is 0.000579. The molecule has 0 saturated heterocycles. The zero-order chi connectivity index (χ0) is 8.27. The zero-order valence-electron chi connectivity index (χ0n) is 5.84. The third-order valence-electron chi connectivity index (χ3n) is 1.57. The molecule has 0 radical (unpaired) electrons. The average Bonchev–Trinajstić information content (AvgIpc) is 2.04. The van der Waals surface area contributed by atoms with E-state index < -0.39 is 0 Å².